The monoisotopic (exact) mass is 418 g/mol. The van der Waals surface area contributed by atoms with Crippen LogP contribution in [0.15, 0.2) is 36.5 Å². The van der Waals surface area contributed by atoms with Crippen LogP contribution < -0.4 is 10.1 Å². The van der Waals surface area contributed by atoms with Gasteiger partial charge in [0.15, 0.2) is 0 Å². The standard InChI is InChI=1S/C21H24F2N4O3/c1-4-30-17-11-16-13(12-27(26-16)9-8-21(2,3)29)10-14(17)20(28)25-18-7-5-6-15(24-18)19(22)23/h5-7,10-12,19,29H,4,8-9H2,1-3H3,(H,24,25,28). The summed E-state index contributed by atoms with van der Waals surface area (Å²) in [6, 6.07) is 7.35. The van der Waals surface area contributed by atoms with Gasteiger partial charge in [0.05, 0.1) is 23.3 Å². The number of aromatic nitrogens is 3. The van der Waals surface area contributed by atoms with Crippen molar-refractivity contribution in [3.8, 4) is 5.75 Å². The summed E-state index contributed by atoms with van der Waals surface area (Å²) in [7, 11) is 0. The molecule has 0 aliphatic carbocycles. The quantitative estimate of drug-likeness (QED) is 0.573. The number of amides is 1. The van der Waals surface area contributed by atoms with Crippen molar-refractivity contribution in [3.05, 3.63) is 47.8 Å². The van der Waals surface area contributed by atoms with E-state index >= 15 is 0 Å². The van der Waals surface area contributed by atoms with Gasteiger partial charge >= 0.3 is 0 Å². The lowest BCUT2D eigenvalue weighted by atomic mass is 10.1. The zero-order valence-corrected chi connectivity index (χ0v) is 17.0. The van der Waals surface area contributed by atoms with Gasteiger partial charge in [0.2, 0.25) is 0 Å². The van der Waals surface area contributed by atoms with Crippen LogP contribution in [-0.4, -0.2) is 38.0 Å². The highest BCUT2D eigenvalue weighted by molar-refractivity contribution is 6.08. The number of ether oxygens (including phenoxy) is 1. The van der Waals surface area contributed by atoms with Gasteiger partial charge in [-0.15, -0.1) is 0 Å². The molecule has 0 aliphatic heterocycles. The number of benzene rings is 1. The summed E-state index contributed by atoms with van der Waals surface area (Å²) in [5.41, 5.74) is -0.347. The number of nitrogens with one attached hydrogen (secondary N) is 1. The Balaban J connectivity index is 1.90. The molecular weight excluding hydrogens is 394 g/mol. The highest BCUT2D eigenvalue weighted by Gasteiger charge is 2.18. The third-order valence-electron chi connectivity index (χ3n) is 4.39. The zero-order valence-electron chi connectivity index (χ0n) is 17.0. The number of hydrogen-bond donors (Lipinski definition) is 2. The lowest BCUT2D eigenvalue weighted by Gasteiger charge is -2.16. The molecule has 0 bridgehead atoms. The van der Waals surface area contributed by atoms with E-state index in [4.69, 9.17) is 4.74 Å². The van der Waals surface area contributed by atoms with Crippen LogP contribution >= 0.6 is 0 Å². The number of fused-ring (bicyclic) bond motifs is 1. The first-order chi connectivity index (χ1) is 14.2. The van der Waals surface area contributed by atoms with Crippen LogP contribution in [0.25, 0.3) is 10.9 Å². The van der Waals surface area contributed by atoms with E-state index < -0.39 is 23.6 Å². The molecule has 0 unspecified atom stereocenters. The maximum Gasteiger partial charge on any atom is 0.280 e. The van der Waals surface area contributed by atoms with Gasteiger partial charge in [-0.1, -0.05) is 6.07 Å². The molecule has 3 aromatic rings. The van der Waals surface area contributed by atoms with Crippen LogP contribution in [-0.2, 0) is 6.54 Å². The fourth-order valence-electron chi connectivity index (χ4n) is 2.88. The van der Waals surface area contributed by atoms with Gasteiger partial charge in [0, 0.05) is 24.2 Å². The second-order valence-electron chi connectivity index (χ2n) is 7.50. The molecule has 3 rings (SSSR count). The summed E-state index contributed by atoms with van der Waals surface area (Å²) in [5, 5.41) is 17.6. The minimum atomic E-state index is -2.73. The molecule has 0 saturated carbocycles. The smallest absolute Gasteiger partial charge is 0.280 e. The van der Waals surface area contributed by atoms with Crippen molar-refractivity contribution >= 4 is 22.6 Å². The molecule has 30 heavy (non-hydrogen) atoms. The van der Waals surface area contributed by atoms with Crippen LogP contribution in [0.4, 0.5) is 14.6 Å². The van der Waals surface area contributed by atoms with Crippen LogP contribution in [0, 0.1) is 0 Å². The van der Waals surface area contributed by atoms with Gasteiger partial charge in [-0.3, -0.25) is 9.48 Å². The summed E-state index contributed by atoms with van der Waals surface area (Å²) in [4.78, 5) is 16.6. The molecule has 0 saturated heterocycles. The van der Waals surface area contributed by atoms with E-state index in [1.165, 1.54) is 18.2 Å². The van der Waals surface area contributed by atoms with E-state index in [9.17, 15) is 18.7 Å². The number of rotatable bonds is 8. The molecule has 1 aromatic carbocycles. The number of pyridine rings is 1. The molecule has 160 valence electrons. The van der Waals surface area contributed by atoms with Crippen molar-refractivity contribution in [2.75, 3.05) is 11.9 Å². The Labute approximate surface area is 172 Å². The van der Waals surface area contributed by atoms with E-state index in [1.807, 2.05) is 0 Å². The topological polar surface area (TPSA) is 89.3 Å². The van der Waals surface area contributed by atoms with Crippen molar-refractivity contribution < 1.29 is 23.4 Å². The fourth-order valence-corrected chi connectivity index (χ4v) is 2.88. The Morgan fingerprint density at radius 1 is 1.33 bits per heavy atom. The molecule has 0 aliphatic rings. The van der Waals surface area contributed by atoms with Crippen molar-refractivity contribution in [2.24, 2.45) is 0 Å². The minimum absolute atomic E-state index is 0.0289. The predicted molar refractivity (Wildman–Crippen MR) is 109 cm³/mol. The number of aliphatic hydroxyl groups is 1. The molecule has 2 N–H and O–H groups in total. The number of carbonyl (C=O) groups excluding carboxylic acids is 1. The van der Waals surface area contributed by atoms with Crippen LogP contribution in [0.5, 0.6) is 5.75 Å². The Morgan fingerprint density at radius 3 is 2.77 bits per heavy atom. The van der Waals surface area contributed by atoms with Gasteiger partial charge in [0.25, 0.3) is 12.3 Å². The first-order valence-electron chi connectivity index (χ1n) is 9.59. The first kappa shape index (κ1) is 21.6. The van der Waals surface area contributed by atoms with E-state index in [-0.39, 0.29) is 11.4 Å². The van der Waals surface area contributed by atoms with Gasteiger partial charge < -0.3 is 15.2 Å². The largest absolute Gasteiger partial charge is 0.493 e. The molecular formula is C21H24F2N4O3. The number of nitrogens with zero attached hydrogens (tertiary/aromatic N) is 3. The molecule has 2 aromatic heterocycles. The van der Waals surface area contributed by atoms with Crippen molar-refractivity contribution in [2.45, 2.75) is 45.8 Å². The van der Waals surface area contributed by atoms with Gasteiger partial charge in [-0.05, 0) is 45.4 Å². The Hall–Kier alpha value is -3.07. The lowest BCUT2D eigenvalue weighted by molar-refractivity contribution is 0.0651. The Morgan fingerprint density at radius 2 is 2.10 bits per heavy atom. The van der Waals surface area contributed by atoms with E-state index in [2.05, 4.69) is 15.4 Å². The number of aryl methyl sites for hydroxylation is 1. The van der Waals surface area contributed by atoms with Crippen LogP contribution in [0.2, 0.25) is 0 Å². The average molecular weight is 418 g/mol. The SMILES string of the molecule is CCOc1cc2nn(CCC(C)(C)O)cc2cc1C(=O)Nc1cccc(C(F)F)n1. The molecule has 0 fully saturated rings. The summed E-state index contributed by atoms with van der Waals surface area (Å²) >= 11 is 0. The highest BCUT2D eigenvalue weighted by atomic mass is 19.3. The summed E-state index contributed by atoms with van der Waals surface area (Å²) in [6.45, 7) is 6.09. The normalized spacial score (nSPS) is 11.8. The van der Waals surface area contributed by atoms with Gasteiger partial charge in [-0.2, -0.15) is 5.10 Å². The van der Waals surface area contributed by atoms with Gasteiger partial charge in [0.1, 0.15) is 17.3 Å². The average Bonchev–Trinajstić information content (AvgIpc) is 3.07. The van der Waals surface area contributed by atoms with Crippen LogP contribution in [0.1, 0.15) is 49.7 Å². The molecule has 0 atom stereocenters. The maximum atomic E-state index is 12.9. The summed E-state index contributed by atoms with van der Waals surface area (Å²) < 4.78 is 33.0. The summed E-state index contributed by atoms with van der Waals surface area (Å²) in [5.74, 6) is -0.162. The van der Waals surface area contributed by atoms with E-state index in [1.54, 1.807) is 43.8 Å². The molecule has 2 heterocycles. The van der Waals surface area contributed by atoms with Crippen molar-refractivity contribution in [1.82, 2.24) is 14.8 Å². The number of alkyl halides is 2. The molecule has 7 nitrogen and oxygen atoms in total. The lowest BCUT2D eigenvalue weighted by Crippen LogP contribution is -2.21. The third kappa shape index (κ3) is 5.29. The molecule has 0 radical (unpaired) electrons. The maximum absolute atomic E-state index is 12.9. The van der Waals surface area contributed by atoms with E-state index in [0.29, 0.717) is 36.2 Å². The van der Waals surface area contributed by atoms with E-state index in [0.717, 1.165) is 0 Å². The summed E-state index contributed by atoms with van der Waals surface area (Å²) in [6.07, 6.45) is -0.436. The zero-order chi connectivity index (χ0) is 21.9. The highest BCUT2D eigenvalue weighted by Crippen LogP contribution is 2.27. The predicted octanol–water partition coefficient (Wildman–Crippen LogP) is 4.18. The number of halogens is 2. The minimum Gasteiger partial charge on any atom is -0.493 e. The second-order valence-corrected chi connectivity index (χ2v) is 7.50. The van der Waals surface area contributed by atoms with Gasteiger partial charge in [-0.25, -0.2) is 13.8 Å². The number of hydrogen-bond acceptors (Lipinski definition) is 5. The Bertz CT molecular complexity index is 1040. The third-order valence-corrected chi connectivity index (χ3v) is 4.39. The van der Waals surface area contributed by atoms with Crippen molar-refractivity contribution in [3.63, 3.8) is 0 Å². The molecule has 1 amide bonds. The fraction of sp³-hybridized carbons (Fsp3) is 0.381. The number of carbonyl (C=O) groups is 1. The number of anilines is 1. The molecule has 0 spiro atoms. The Kier molecular flexibility index (Phi) is 6.31. The second kappa shape index (κ2) is 8.74. The molecule has 9 heteroatoms. The first-order valence-corrected chi connectivity index (χ1v) is 9.59. The van der Waals surface area contributed by atoms with Crippen molar-refractivity contribution in [1.29, 1.82) is 0 Å². The van der Waals surface area contributed by atoms with Crippen LogP contribution in [0.3, 0.4) is 0 Å².